The number of nitrogens with zero attached hydrogens (tertiary/aromatic N) is 4. The van der Waals surface area contributed by atoms with Crippen molar-refractivity contribution in [2.24, 2.45) is 0 Å². The van der Waals surface area contributed by atoms with E-state index in [1.54, 1.807) is 30.5 Å². The quantitative estimate of drug-likeness (QED) is 0.715. The Kier molecular flexibility index (Phi) is 4.55. The van der Waals surface area contributed by atoms with E-state index >= 15 is 0 Å². The predicted octanol–water partition coefficient (Wildman–Crippen LogP) is 1.87. The lowest BCUT2D eigenvalue weighted by Gasteiger charge is -2.29. The first kappa shape index (κ1) is 20.0. The molecule has 5 rings (SSSR count). The van der Waals surface area contributed by atoms with Crippen molar-refractivity contribution in [2.75, 3.05) is 12.3 Å². The second-order valence-electron chi connectivity index (χ2n) is 8.47. The molecule has 2 N–H and O–H groups in total. The average Bonchev–Trinajstić information content (AvgIpc) is 3.34. The Morgan fingerprint density at radius 3 is 2.87 bits per heavy atom. The van der Waals surface area contributed by atoms with E-state index in [4.69, 9.17) is 29.4 Å². The molecule has 1 saturated carbocycles. The van der Waals surface area contributed by atoms with Crippen LogP contribution in [-0.4, -0.2) is 57.1 Å². The van der Waals surface area contributed by atoms with Gasteiger partial charge in [0.25, 0.3) is 0 Å². The van der Waals surface area contributed by atoms with Gasteiger partial charge in [-0.1, -0.05) is 0 Å². The first-order valence-corrected chi connectivity index (χ1v) is 10.2. The van der Waals surface area contributed by atoms with Crippen LogP contribution in [0, 0.1) is 11.3 Å². The van der Waals surface area contributed by atoms with E-state index in [0.29, 0.717) is 17.0 Å². The molecule has 3 fully saturated rings. The molecule has 2 unspecified atom stereocenters. The number of carbonyl (C=O) groups is 1. The van der Waals surface area contributed by atoms with Crippen LogP contribution >= 0.6 is 0 Å². The molecule has 31 heavy (non-hydrogen) atoms. The van der Waals surface area contributed by atoms with Crippen molar-refractivity contribution in [1.29, 1.82) is 5.26 Å². The summed E-state index contributed by atoms with van der Waals surface area (Å²) in [7, 11) is 0. The van der Waals surface area contributed by atoms with Crippen molar-refractivity contribution in [2.45, 2.75) is 68.9 Å². The van der Waals surface area contributed by atoms with Gasteiger partial charge < -0.3 is 29.4 Å². The number of aromatic nitrogens is 3. The molecule has 0 spiro atoms. The summed E-state index contributed by atoms with van der Waals surface area (Å²) in [6.07, 6.45) is 0.911. The molecule has 4 heterocycles. The highest BCUT2D eigenvalue weighted by Gasteiger charge is 2.65. The second kappa shape index (κ2) is 7.05. The summed E-state index contributed by atoms with van der Waals surface area (Å²) < 4.78 is 30.4. The van der Waals surface area contributed by atoms with Crippen LogP contribution < -0.4 is 5.73 Å². The van der Waals surface area contributed by atoms with Crippen molar-refractivity contribution in [3.63, 3.8) is 0 Å². The van der Waals surface area contributed by atoms with Crippen LogP contribution in [-0.2, 0) is 23.7 Å². The summed E-state index contributed by atoms with van der Waals surface area (Å²) in [5.41, 5.74) is 5.59. The fourth-order valence-electron chi connectivity index (χ4n) is 4.21. The SMILES string of the molecule is CC1(C)OC2C(O1)[C@@](C#N)(COC(=O)OC1CCC1)O[C@H]2c1ccc2c(N)ncnn12. The number of nitriles is 1. The van der Waals surface area contributed by atoms with Crippen LogP contribution in [0.4, 0.5) is 10.6 Å². The van der Waals surface area contributed by atoms with Crippen molar-refractivity contribution < 1.29 is 28.5 Å². The summed E-state index contributed by atoms with van der Waals surface area (Å²) in [5, 5.41) is 14.3. The van der Waals surface area contributed by atoms with Gasteiger partial charge >= 0.3 is 6.16 Å². The third-order valence-electron chi connectivity index (χ3n) is 5.94. The molecule has 2 aromatic rings. The van der Waals surface area contributed by atoms with Gasteiger partial charge in [0.15, 0.2) is 11.6 Å². The maximum absolute atomic E-state index is 12.1. The van der Waals surface area contributed by atoms with E-state index in [2.05, 4.69) is 16.2 Å². The van der Waals surface area contributed by atoms with E-state index < -0.39 is 35.9 Å². The maximum Gasteiger partial charge on any atom is 0.508 e. The van der Waals surface area contributed by atoms with Gasteiger partial charge in [-0.2, -0.15) is 10.4 Å². The van der Waals surface area contributed by atoms with Crippen LogP contribution in [0.5, 0.6) is 0 Å². The molecule has 11 heteroatoms. The van der Waals surface area contributed by atoms with Crippen LogP contribution in [0.3, 0.4) is 0 Å². The van der Waals surface area contributed by atoms with Gasteiger partial charge in [-0.05, 0) is 45.2 Å². The summed E-state index contributed by atoms with van der Waals surface area (Å²) in [6, 6.07) is 5.70. The predicted molar refractivity (Wildman–Crippen MR) is 103 cm³/mol. The molecule has 1 aliphatic carbocycles. The summed E-state index contributed by atoms with van der Waals surface area (Å²) >= 11 is 0. The molecule has 0 bridgehead atoms. The second-order valence-corrected chi connectivity index (χ2v) is 8.47. The standard InChI is InChI=1S/C20H23N5O6/c1-19(2)29-15-14(12-6-7-13-17(22)23-10-24-25(12)13)30-20(8-21,16(15)31-19)9-27-18(26)28-11-4-3-5-11/h6-7,10-11,14-16H,3-5,9H2,1-2H3,(H2,22,23,24)/t14-,15?,16?,20+/m0/s1. The smallest absolute Gasteiger partial charge is 0.431 e. The average molecular weight is 429 g/mol. The minimum absolute atomic E-state index is 0.127. The monoisotopic (exact) mass is 429 g/mol. The van der Waals surface area contributed by atoms with E-state index in [9.17, 15) is 10.1 Å². The Morgan fingerprint density at radius 1 is 1.35 bits per heavy atom. The van der Waals surface area contributed by atoms with Gasteiger partial charge in [-0.25, -0.2) is 14.3 Å². The van der Waals surface area contributed by atoms with Gasteiger partial charge in [0.05, 0.1) is 5.69 Å². The van der Waals surface area contributed by atoms with Gasteiger partial charge in [-0.3, -0.25) is 0 Å². The summed E-state index contributed by atoms with van der Waals surface area (Å²) in [5.74, 6) is -0.638. The highest BCUT2D eigenvalue weighted by molar-refractivity contribution is 5.65. The summed E-state index contributed by atoms with van der Waals surface area (Å²) in [6.45, 7) is 3.16. The van der Waals surface area contributed by atoms with Crippen molar-refractivity contribution in [3.8, 4) is 6.07 Å². The van der Waals surface area contributed by atoms with E-state index in [0.717, 1.165) is 19.3 Å². The maximum atomic E-state index is 12.1. The molecule has 2 aliphatic heterocycles. The highest BCUT2D eigenvalue weighted by atomic mass is 16.8. The van der Waals surface area contributed by atoms with Crippen LogP contribution in [0.2, 0.25) is 0 Å². The first-order chi connectivity index (χ1) is 14.8. The Balaban J connectivity index is 1.44. The number of fused-ring (bicyclic) bond motifs is 2. The molecule has 11 nitrogen and oxygen atoms in total. The van der Waals surface area contributed by atoms with Gasteiger partial charge in [0.1, 0.15) is 48.9 Å². The van der Waals surface area contributed by atoms with Crippen LogP contribution in [0.25, 0.3) is 5.52 Å². The topological polar surface area (TPSA) is 143 Å². The van der Waals surface area contributed by atoms with Crippen molar-refractivity contribution in [1.82, 2.24) is 14.6 Å². The van der Waals surface area contributed by atoms with Crippen LogP contribution in [0.15, 0.2) is 18.5 Å². The van der Waals surface area contributed by atoms with Crippen molar-refractivity contribution in [3.05, 3.63) is 24.2 Å². The van der Waals surface area contributed by atoms with Crippen LogP contribution in [0.1, 0.15) is 44.9 Å². The van der Waals surface area contributed by atoms with E-state index in [1.807, 2.05) is 0 Å². The Labute approximate surface area is 178 Å². The number of rotatable bonds is 4. The fourth-order valence-corrected chi connectivity index (χ4v) is 4.21. The normalized spacial score (nSPS) is 31.7. The molecule has 164 valence electrons. The number of hydrogen-bond donors (Lipinski definition) is 1. The number of nitrogen functional groups attached to an aromatic ring is 1. The minimum Gasteiger partial charge on any atom is -0.431 e. The van der Waals surface area contributed by atoms with E-state index in [1.165, 1.54) is 6.33 Å². The lowest BCUT2D eigenvalue weighted by molar-refractivity contribution is -0.206. The molecule has 0 amide bonds. The fraction of sp³-hybridized carbons (Fsp3) is 0.600. The number of nitrogens with two attached hydrogens (primary N) is 1. The third kappa shape index (κ3) is 3.27. The molecule has 0 aromatic carbocycles. The van der Waals surface area contributed by atoms with E-state index in [-0.39, 0.29) is 12.7 Å². The number of hydrogen-bond acceptors (Lipinski definition) is 10. The van der Waals surface area contributed by atoms with Gasteiger partial charge in [0.2, 0.25) is 5.60 Å². The summed E-state index contributed by atoms with van der Waals surface area (Å²) in [4.78, 5) is 16.1. The molecular formula is C20H23N5O6. The Hall–Kier alpha value is -2.94. The lowest BCUT2D eigenvalue weighted by Crippen LogP contribution is -2.46. The van der Waals surface area contributed by atoms with Gasteiger partial charge in [0, 0.05) is 0 Å². The zero-order valence-corrected chi connectivity index (χ0v) is 17.2. The number of ether oxygens (including phenoxy) is 5. The number of carbonyl (C=O) groups excluding carboxylic acids is 1. The highest BCUT2D eigenvalue weighted by Crippen LogP contribution is 2.50. The molecule has 3 aliphatic rings. The zero-order chi connectivity index (χ0) is 21.8. The molecule has 4 atom stereocenters. The molecule has 2 aromatic heterocycles. The zero-order valence-electron chi connectivity index (χ0n) is 17.2. The third-order valence-corrected chi connectivity index (χ3v) is 5.94. The largest absolute Gasteiger partial charge is 0.508 e. The van der Waals surface area contributed by atoms with Gasteiger partial charge in [-0.15, -0.1) is 0 Å². The van der Waals surface area contributed by atoms with Crippen molar-refractivity contribution >= 4 is 17.5 Å². The Bertz CT molecular complexity index is 1060. The molecule has 2 saturated heterocycles. The molecular weight excluding hydrogens is 406 g/mol. The lowest BCUT2D eigenvalue weighted by atomic mass is 9.96. The minimum atomic E-state index is -1.58. The first-order valence-electron chi connectivity index (χ1n) is 10.2. The number of anilines is 1. The molecule has 0 radical (unpaired) electrons. The Morgan fingerprint density at radius 2 is 2.16 bits per heavy atom.